The lowest BCUT2D eigenvalue weighted by atomic mass is 9.99. The monoisotopic (exact) mass is 702 g/mol. The molecular formula is C35H58O14. The predicted molar refractivity (Wildman–Crippen MR) is 178 cm³/mol. The van der Waals surface area contributed by atoms with Crippen molar-refractivity contribution in [2.45, 2.75) is 139 Å². The van der Waals surface area contributed by atoms with Crippen LogP contribution in [-0.4, -0.2) is 141 Å². The summed E-state index contributed by atoms with van der Waals surface area (Å²) in [6.07, 6.45) is 9.02. The van der Waals surface area contributed by atoms with Gasteiger partial charge in [0.1, 0.15) is 54.9 Å². The lowest BCUT2D eigenvalue weighted by Gasteiger charge is -2.40. The summed E-state index contributed by atoms with van der Waals surface area (Å²) in [5, 5.41) is 79.5. The fraction of sp³-hybridized carbons (Fsp3) is 0.743. The minimum Gasteiger partial charge on any atom is -0.457 e. The molecule has 8 N–H and O–H groups in total. The van der Waals surface area contributed by atoms with Crippen LogP contribution in [0.15, 0.2) is 48.6 Å². The van der Waals surface area contributed by atoms with Crippen molar-refractivity contribution in [3.05, 3.63) is 48.6 Å². The first kappa shape index (κ1) is 43.1. The Balaban J connectivity index is 1.81. The quantitative estimate of drug-likeness (QED) is 0.0417. The van der Waals surface area contributed by atoms with Crippen molar-refractivity contribution in [3.63, 3.8) is 0 Å². The lowest BCUT2D eigenvalue weighted by Crippen LogP contribution is -2.60. The first-order valence-corrected chi connectivity index (χ1v) is 17.3. The lowest BCUT2D eigenvalue weighted by molar-refractivity contribution is -0.315. The molecule has 0 bridgehead atoms. The standard InChI is InChI=1S/C35H58O14/c1-2-3-4-5-6-7-8-9-10-11-12-13-14-15-16-17-18-19-27(38)47-24(22-45-34-32(43)30(41)28(39)25(20-36)48-34)23-46-35-33(44)31(42)29(40)26(21-37)49-35/h6-7,9-10,12-13,15-16,24-26,28-37,39-44H,2-5,8,11,14,17-23H2,1H3/b7-6-,10-9-,13-12-,16-15-/t25-,26-,28-,29-,30+,31+,32-,33-,34-,35-/m1/s1. The highest BCUT2D eigenvalue weighted by Gasteiger charge is 2.46. The fourth-order valence-corrected chi connectivity index (χ4v) is 5.10. The smallest absolute Gasteiger partial charge is 0.306 e. The molecule has 0 aromatic carbocycles. The Kier molecular flexibility index (Phi) is 22.0. The predicted octanol–water partition coefficient (Wildman–Crippen LogP) is 0.677. The van der Waals surface area contributed by atoms with Crippen LogP contribution in [0.1, 0.15) is 71.1 Å². The largest absolute Gasteiger partial charge is 0.457 e. The van der Waals surface area contributed by atoms with Crippen LogP contribution in [-0.2, 0) is 28.5 Å². The highest BCUT2D eigenvalue weighted by molar-refractivity contribution is 5.69. The Hall–Kier alpha value is -2.05. The average molecular weight is 703 g/mol. The number of hydrogen-bond donors (Lipinski definition) is 8. The van der Waals surface area contributed by atoms with Crippen molar-refractivity contribution in [1.29, 1.82) is 0 Å². The Bertz CT molecular complexity index is 959. The molecule has 49 heavy (non-hydrogen) atoms. The van der Waals surface area contributed by atoms with Crippen molar-refractivity contribution in [2.75, 3.05) is 26.4 Å². The van der Waals surface area contributed by atoms with E-state index in [2.05, 4.69) is 43.4 Å². The van der Waals surface area contributed by atoms with E-state index in [9.17, 15) is 45.6 Å². The number of aliphatic hydroxyl groups excluding tert-OH is 8. The molecule has 2 saturated heterocycles. The van der Waals surface area contributed by atoms with Gasteiger partial charge in [0, 0.05) is 6.42 Å². The van der Waals surface area contributed by atoms with E-state index in [1.165, 1.54) is 19.3 Å². The van der Waals surface area contributed by atoms with E-state index in [4.69, 9.17) is 23.7 Å². The van der Waals surface area contributed by atoms with Gasteiger partial charge in [0.25, 0.3) is 0 Å². The van der Waals surface area contributed by atoms with Crippen molar-refractivity contribution >= 4 is 5.97 Å². The van der Waals surface area contributed by atoms with Crippen molar-refractivity contribution in [1.82, 2.24) is 0 Å². The first-order valence-electron chi connectivity index (χ1n) is 17.3. The minimum atomic E-state index is -1.69. The minimum absolute atomic E-state index is 0.0502. The number of esters is 1. The molecule has 0 aromatic heterocycles. The zero-order valence-electron chi connectivity index (χ0n) is 28.4. The number of carbonyl (C=O) groups excluding carboxylic acids is 1. The van der Waals surface area contributed by atoms with Crippen LogP contribution in [0, 0.1) is 0 Å². The van der Waals surface area contributed by atoms with Crippen molar-refractivity contribution in [2.24, 2.45) is 0 Å². The highest BCUT2D eigenvalue weighted by Crippen LogP contribution is 2.24. The van der Waals surface area contributed by atoms with Gasteiger partial charge in [-0.2, -0.15) is 0 Å². The van der Waals surface area contributed by atoms with Gasteiger partial charge >= 0.3 is 5.97 Å². The molecule has 282 valence electrons. The molecule has 0 saturated carbocycles. The topological polar surface area (TPSA) is 225 Å². The number of ether oxygens (including phenoxy) is 5. The summed E-state index contributed by atoms with van der Waals surface area (Å²) in [5.74, 6) is -0.601. The maximum absolute atomic E-state index is 12.7. The Labute approximate surface area is 288 Å². The molecule has 0 radical (unpaired) electrons. The third kappa shape index (κ3) is 15.8. The van der Waals surface area contributed by atoms with Crippen molar-refractivity contribution < 1.29 is 69.3 Å². The van der Waals surface area contributed by atoms with Crippen LogP contribution in [0.25, 0.3) is 0 Å². The van der Waals surface area contributed by atoms with Crippen LogP contribution >= 0.6 is 0 Å². The van der Waals surface area contributed by atoms with Gasteiger partial charge in [-0.1, -0.05) is 68.4 Å². The van der Waals surface area contributed by atoms with Crippen LogP contribution < -0.4 is 0 Å². The first-order chi connectivity index (χ1) is 23.6. The van der Waals surface area contributed by atoms with E-state index in [1.54, 1.807) is 0 Å². The molecule has 0 unspecified atom stereocenters. The number of hydrogen-bond acceptors (Lipinski definition) is 14. The number of unbranched alkanes of at least 4 members (excludes halogenated alkanes) is 4. The van der Waals surface area contributed by atoms with Gasteiger partial charge in [-0.25, -0.2) is 0 Å². The second-order valence-corrected chi connectivity index (χ2v) is 12.2. The summed E-state index contributed by atoms with van der Waals surface area (Å²) in [6, 6.07) is 0. The Morgan fingerprint density at radius 2 is 1.04 bits per heavy atom. The summed E-state index contributed by atoms with van der Waals surface area (Å²) in [7, 11) is 0. The van der Waals surface area contributed by atoms with Gasteiger partial charge in [0.15, 0.2) is 12.6 Å². The normalized spacial score (nSPS) is 31.2. The summed E-state index contributed by atoms with van der Waals surface area (Å²) in [6.45, 7) is -0.00929. The molecule has 2 aliphatic rings. The molecule has 14 heteroatoms. The van der Waals surface area contributed by atoms with Gasteiger partial charge in [0.05, 0.1) is 26.4 Å². The van der Waals surface area contributed by atoms with E-state index in [-0.39, 0.29) is 6.42 Å². The van der Waals surface area contributed by atoms with Gasteiger partial charge in [-0.3, -0.25) is 4.79 Å². The van der Waals surface area contributed by atoms with E-state index >= 15 is 0 Å². The maximum atomic E-state index is 12.7. The Morgan fingerprint density at radius 1 is 0.612 bits per heavy atom. The van der Waals surface area contributed by atoms with Crippen LogP contribution in [0.2, 0.25) is 0 Å². The molecule has 0 aliphatic carbocycles. The molecule has 0 aromatic rings. The van der Waals surface area contributed by atoms with Gasteiger partial charge in [-0.15, -0.1) is 0 Å². The number of carbonyl (C=O) groups is 1. The summed E-state index contributed by atoms with van der Waals surface area (Å²) < 4.78 is 27.2. The van der Waals surface area contributed by atoms with Gasteiger partial charge in [0.2, 0.25) is 0 Å². The second-order valence-electron chi connectivity index (χ2n) is 12.2. The zero-order chi connectivity index (χ0) is 36.0. The van der Waals surface area contributed by atoms with Crippen LogP contribution in [0.4, 0.5) is 0 Å². The molecule has 14 nitrogen and oxygen atoms in total. The highest BCUT2D eigenvalue weighted by atomic mass is 16.7. The van der Waals surface area contributed by atoms with Crippen LogP contribution in [0.3, 0.4) is 0 Å². The SMILES string of the molecule is CCCCC/C=C\C/C=C\C/C=C\C/C=C\CCCC(=O)OC(CO[C@@H]1O[C@H](CO)[C@@H](O)[C@H](O)[C@H]1O)CO[C@@H]1O[C@H](CO)[C@@H](O)[C@H](O)[C@H]1O. The number of rotatable bonds is 23. The van der Waals surface area contributed by atoms with E-state index in [0.29, 0.717) is 12.8 Å². The molecule has 10 atom stereocenters. The third-order valence-electron chi connectivity index (χ3n) is 8.10. The molecule has 2 heterocycles. The summed E-state index contributed by atoms with van der Waals surface area (Å²) in [4.78, 5) is 12.7. The molecule has 2 aliphatic heterocycles. The van der Waals surface area contributed by atoms with E-state index in [1.807, 2.05) is 12.2 Å². The second kappa shape index (κ2) is 25.0. The Morgan fingerprint density at radius 3 is 1.47 bits per heavy atom. The van der Waals surface area contributed by atoms with Gasteiger partial charge in [-0.05, 0) is 44.9 Å². The van der Waals surface area contributed by atoms with Gasteiger partial charge < -0.3 is 64.5 Å². The molecule has 2 fully saturated rings. The molecule has 0 amide bonds. The summed E-state index contributed by atoms with van der Waals surface area (Å²) in [5.41, 5.74) is 0. The van der Waals surface area contributed by atoms with E-state index < -0.39 is 99.9 Å². The molecule has 2 rings (SSSR count). The third-order valence-corrected chi connectivity index (χ3v) is 8.10. The average Bonchev–Trinajstić information content (AvgIpc) is 3.10. The number of aliphatic hydroxyl groups is 8. The van der Waals surface area contributed by atoms with Crippen molar-refractivity contribution in [3.8, 4) is 0 Å². The van der Waals surface area contributed by atoms with E-state index in [0.717, 1.165) is 25.7 Å². The fourth-order valence-electron chi connectivity index (χ4n) is 5.10. The number of allylic oxidation sites excluding steroid dienone is 8. The van der Waals surface area contributed by atoms with Crippen LogP contribution in [0.5, 0.6) is 0 Å². The zero-order valence-corrected chi connectivity index (χ0v) is 28.4. The molecular weight excluding hydrogens is 644 g/mol. The molecule has 0 spiro atoms. The summed E-state index contributed by atoms with van der Waals surface area (Å²) >= 11 is 0. The maximum Gasteiger partial charge on any atom is 0.306 e.